The maximum atomic E-state index is 11.3. The zero-order valence-corrected chi connectivity index (χ0v) is 9.26. The number of thioether (sulfide) groups is 1. The van der Waals surface area contributed by atoms with E-state index in [1.807, 2.05) is 0 Å². The normalized spacial score (nSPS) is 20.9. The van der Waals surface area contributed by atoms with Gasteiger partial charge in [0.15, 0.2) is 5.16 Å². The molecule has 0 aliphatic heterocycles. The topological polar surface area (TPSA) is 62.8 Å². The summed E-state index contributed by atoms with van der Waals surface area (Å²) in [5.41, 5.74) is 0.513. The van der Waals surface area contributed by atoms with Gasteiger partial charge in [-0.3, -0.25) is 9.59 Å². The van der Waals surface area contributed by atoms with Crippen molar-refractivity contribution in [2.75, 3.05) is 0 Å². The fraction of sp³-hybridized carbons (Fsp3) is 0.500. The first-order chi connectivity index (χ1) is 7.15. The number of ketones is 1. The molecule has 0 saturated heterocycles. The maximum Gasteiger partial charge on any atom is 0.254 e. The molecule has 80 valence electrons. The van der Waals surface area contributed by atoms with Crippen LogP contribution in [0.5, 0.6) is 0 Å². The summed E-state index contributed by atoms with van der Waals surface area (Å²) in [6.45, 7) is 1.72. The van der Waals surface area contributed by atoms with Crippen molar-refractivity contribution in [1.29, 1.82) is 0 Å². The third-order valence-electron chi connectivity index (χ3n) is 2.43. The molecule has 4 nitrogen and oxygen atoms in total. The van der Waals surface area contributed by atoms with Crippen LogP contribution in [0.4, 0.5) is 0 Å². The Hall–Kier alpha value is -1.10. The van der Waals surface area contributed by atoms with Crippen LogP contribution in [0, 0.1) is 6.92 Å². The van der Waals surface area contributed by atoms with Crippen LogP contribution in [0.15, 0.2) is 16.1 Å². The molecule has 15 heavy (non-hydrogen) atoms. The Morgan fingerprint density at radius 1 is 1.53 bits per heavy atom. The molecule has 1 aromatic rings. The van der Waals surface area contributed by atoms with Gasteiger partial charge in [-0.15, -0.1) is 0 Å². The minimum atomic E-state index is -0.100. The molecule has 5 heteroatoms. The van der Waals surface area contributed by atoms with E-state index < -0.39 is 0 Å². The van der Waals surface area contributed by atoms with Crippen molar-refractivity contribution in [2.24, 2.45) is 0 Å². The first-order valence-corrected chi connectivity index (χ1v) is 5.77. The van der Waals surface area contributed by atoms with Crippen LogP contribution in [0.3, 0.4) is 0 Å². The summed E-state index contributed by atoms with van der Waals surface area (Å²) in [6, 6.07) is 0. The maximum absolute atomic E-state index is 11.3. The number of hydrogen-bond acceptors (Lipinski definition) is 4. The summed E-state index contributed by atoms with van der Waals surface area (Å²) in [5.74, 6) is 0.307. The van der Waals surface area contributed by atoms with Gasteiger partial charge in [-0.05, 0) is 13.3 Å². The fourth-order valence-electron chi connectivity index (χ4n) is 1.54. The van der Waals surface area contributed by atoms with Crippen LogP contribution >= 0.6 is 11.8 Å². The lowest BCUT2D eigenvalue weighted by Gasteiger charge is -2.05. The summed E-state index contributed by atoms with van der Waals surface area (Å²) in [5, 5.41) is 0.897. The van der Waals surface area contributed by atoms with E-state index in [1.54, 1.807) is 13.1 Å². The fourth-order valence-corrected chi connectivity index (χ4v) is 2.63. The highest BCUT2D eigenvalue weighted by molar-refractivity contribution is 7.99. The molecule has 1 aliphatic carbocycles. The molecular formula is C10H12N2O2S. The number of H-pyrrole nitrogens is 1. The van der Waals surface area contributed by atoms with Crippen LogP contribution in [0.1, 0.15) is 24.8 Å². The van der Waals surface area contributed by atoms with E-state index in [4.69, 9.17) is 0 Å². The van der Waals surface area contributed by atoms with Crippen molar-refractivity contribution in [3.63, 3.8) is 0 Å². The number of carbonyl (C=O) groups is 1. The Morgan fingerprint density at radius 2 is 2.33 bits per heavy atom. The summed E-state index contributed by atoms with van der Waals surface area (Å²) in [6.07, 6.45) is 3.72. The lowest BCUT2D eigenvalue weighted by atomic mass is 10.4. The zero-order valence-electron chi connectivity index (χ0n) is 8.45. The first kappa shape index (κ1) is 10.4. The smallest absolute Gasteiger partial charge is 0.254 e. The van der Waals surface area contributed by atoms with Crippen molar-refractivity contribution >= 4 is 17.5 Å². The average molecular weight is 224 g/mol. The largest absolute Gasteiger partial charge is 0.301 e. The lowest BCUT2D eigenvalue weighted by molar-refractivity contribution is -0.117. The van der Waals surface area contributed by atoms with Gasteiger partial charge in [0.1, 0.15) is 5.78 Å². The van der Waals surface area contributed by atoms with Crippen molar-refractivity contribution in [1.82, 2.24) is 9.97 Å². The van der Waals surface area contributed by atoms with E-state index in [0.717, 1.165) is 6.42 Å². The zero-order chi connectivity index (χ0) is 10.8. The van der Waals surface area contributed by atoms with E-state index in [2.05, 4.69) is 9.97 Å². The van der Waals surface area contributed by atoms with Crippen LogP contribution in [-0.2, 0) is 4.79 Å². The molecule has 0 radical (unpaired) electrons. The Labute approximate surface area is 91.5 Å². The first-order valence-electron chi connectivity index (χ1n) is 4.89. The third kappa shape index (κ3) is 2.47. The predicted octanol–water partition coefficient (Wildman–Crippen LogP) is 1.29. The highest BCUT2D eigenvalue weighted by Crippen LogP contribution is 2.30. The highest BCUT2D eigenvalue weighted by Gasteiger charge is 2.23. The predicted molar refractivity (Wildman–Crippen MR) is 58.1 cm³/mol. The Balaban J connectivity index is 2.08. The molecule has 1 atom stereocenters. The molecule has 1 fully saturated rings. The van der Waals surface area contributed by atoms with E-state index in [1.165, 1.54) is 11.8 Å². The van der Waals surface area contributed by atoms with E-state index in [-0.39, 0.29) is 10.8 Å². The molecule has 0 spiro atoms. The Morgan fingerprint density at radius 3 is 2.93 bits per heavy atom. The van der Waals surface area contributed by atoms with E-state index in [9.17, 15) is 9.59 Å². The molecule has 1 unspecified atom stereocenters. The van der Waals surface area contributed by atoms with Crippen LogP contribution in [-0.4, -0.2) is 21.0 Å². The molecule has 1 heterocycles. The van der Waals surface area contributed by atoms with Gasteiger partial charge in [-0.25, -0.2) is 4.98 Å². The van der Waals surface area contributed by atoms with Gasteiger partial charge < -0.3 is 4.98 Å². The number of Topliss-reactive ketones (excluding diaryl/α,β-unsaturated/α-hetero) is 1. The van der Waals surface area contributed by atoms with Gasteiger partial charge in [0.2, 0.25) is 0 Å². The molecule has 1 aliphatic rings. The van der Waals surface area contributed by atoms with E-state index >= 15 is 0 Å². The van der Waals surface area contributed by atoms with E-state index in [0.29, 0.717) is 29.3 Å². The second-order valence-electron chi connectivity index (χ2n) is 3.72. The number of rotatable bonds is 2. The third-order valence-corrected chi connectivity index (χ3v) is 3.60. The molecule has 1 N–H and O–H groups in total. The Bertz CT molecular complexity index is 441. The second-order valence-corrected chi connectivity index (χ2v) is 5.01. The number of carbonyl (C=O) groups excluding carboxylic acids is 1. The minimum Gasteiger partial charge on any atom is -0.301 e. The van der Waals surface area contributed by atoms with Crippen molar-refractivity contribution in [3.8, 4) is 0 Å². The number of aromatic amines is 1. The van der Waals surface area contributed by atoms with Crippen LogP contribution in [0.25, 0.3) is 0 Å². The van der Waals surface area contributed by atoms with Gasteiger partial charge in [-0.1, -0.05) is 11.8 Å². The van der Waals surface area contributed by atoms with Crippen molar-refractivity contribution in [2.45, 2.75) is 36.6 Å². The molecule has 0 aromatic carbocycles. The quantitative estimate of drug-likeness (QED) is 0.769. The summed E-state index contributed by atoms with van der Waals surface area (Å²) in [7, 11) is 0. The average Bonchev–Trinajstić information content (AvgIpc) is 2.58. The van der Waals surface area contributed by atoms with Gasteiger partial charge >= 0.3 is 0 Å². The van der Waals surface area contributed by atoms with Gasteiger partial charge in [0.05, 0.1) is 0 Å². The molecule has 1 saturated carbocycles. The summed E-state index contributed by atoms with van der Waals surface area (Å²) in [4.78, 5) is 29.2. The van der Waals surface area contributed by atoms with Gasteiger partial charge in [0.25, 0.3) is 5.56 Å². The number of nitrogens with one attached hydrogen (secondary N) is 1. The Kier molecular flexibility index (Phi) is 2.90. The molecular weight excluding hydrogens is 212 g/mol. The SMILES string of the molecule is Cc1cnc(SC2CCC(=O)C2)[nH]c1=O. The lowest BCUT2D eigenvalue weighted by Crippen LogP contribution is -2.12. The summed E-state index contributed by atoms with van der Waals surface area (Å²) >= 11 is 1.49. The highest BCUT2D eigenvalue weighted by atomic mass is 32.2. The molecule has 1 aromatic heterocycles. The number of aryl methyl sites for hydroxylation is 1. The van der Waals surface area contributed by atoms with Gasteiger partial charge in [-0.2, -0.15) is 0 Å². The van der Waals surface area contributed by atoms with Crippen molar-refractivity contribution in [3.05, 3.63) is 22.1 Å². The van der Waals surface area contributed by atoms with Crippen LogP contribution < -0.4 is 5.56 Å². The second kappa shape index (κ2) is 4.18. The standard InChI is InChI=1S/C10H12N2O2S/c1-6-5-11-10(12-9(6)14)15-8-3-2-7(13)4-8/h5,8H,2-4H2,1H3,(H,11,12,14). The van der Waals surface area contributed by atoms with Gasteiger partial charge in [0, 0.05) is 29.9 Å². The molecule has 0 amide bonds. The van der Waals surface area contributed by atoms with Crippen LogP contribution in [0.2, 0.25) is 0 Å². The minimum absolute atomic E-state index is 0.100. The summed E-state index contributed by atoms with van der Waals surface area (Å²) < 4.78 is 0. The van der Waals surface area contributed by atoms with Crippen molar-refractivity contribution < 1.29 is 4.79 Å². The number of hydrogen-bond donors (Lipinski definition) is 1. The molecule has 0 bridgehead atoms. The molecule has 2 rings (SSSR count). The number of nitrogens with zero attached hydrogens (tertiary/aromatic N) is 1. The number of aromatic nitrogens is 2. The monoisotopic (exact) mass is 224 g/mol.